The van der Waals surface area contributed by atoms with Crippen molar-refractivity contribution < 1.29 is 19.1 Å². The number of anilines is 1. The van der Waals surface area contributed by atoms with Crippen molar-refractivity contribution in [1.29, 1.82) is 0 Å². The SMILES string of the molecule is COc1cc(OC)c(NC(=O)C2CCCN2C(=O)C(C)C)cc1Cl. The van der Waals surface area contributed by atoms with Crippen LogP contribution in [0, 0.1) is 5.92 Å². The van der Waals surface area contributed by atoms with E-state index in [-0.39, 0.29) is 17.7 Å². The molecular weight excluding hydrogens is 332 g/mol. The second-order valence-corrected chi connectivity index (χ2v) is 6.43. The lowest BCUT2D eigenvalue weighted by Gasteiger charge is -2.26. The molecule has 0 aliphatic carbocycles. The number of nitrogens with one attached hydrogen (secondary N) is 1. The zero-order valence-electron chi connectivity index (χ0n) is 14.4. The van der Waals surface area contributed by atoms with E-state index in [9.17, 15) is 9.59 Å². The monoisotopic (exact) mass is 354 g/mol. The Bertz CT molecular complexity index is 633. The lowest BCUT2D eigenvalue weighted by molar-refractivity contribution is -0.139. The third kappa shape index (κ3) is 3.75. The smallest absolute Gasteiger partial charge is 0.247 e. The molecule has 1 aliphatic heterocycles. The van der Waals surface area contributed by atoms with Gasteiger partial charge in [-0.2, -0.15) is 0 Å². The molecule has 132 valence electrons. The van der Waals surface area contributed by atoms with Crippen LogP contribution in [-0.2, 0) is 9.59 Å². The zero-order chi connectivity index (χ0) is 17.9. The van der Waals surface area contributed by atoms with Crippen molar-refractivity contribution in [2.24, 2.45) is 5.92 Å². The third-order valence-corrected chi connectivity index (χ3v) is 4.36. The number of methoxy groups -OCH3 is 2. The second kappa shape index (κ2) is 7.75. The molecular formula is C17H23ClN2O4. The fraction of sp³-hybridized carbons (Fsp3) is 0.529. The molecule has 6 nitrogen and oxygen atoms in total. The Labute approximate surface area is 147 Å². The summed E-state index contributed by atoms with van der Waals surface area (Å²) in [5.74, 6) is 0.533. The van der Waals surface area contributed by atoms with E-state index in [1.165, 1.54) is 14.2 Å². The summed E-state index contributed by atoms with van der Waals surface area (Å²) in [6.07, 6.45) is 1.47. The van der Waals surface area contributed by atoms with Crippen molar-refractivity contribution in [2.45, 2.75) is 32.7 Å². The molecule has 1 N–H and O–H groups in total. The average Bonchev–Trinajstić information content (AvgIpc) is 3.03. The minimum atomic E-state index is -0.467. The lowest BCUT2D eigenvalue weighted by Crippen LogP contribution is -2.44. The van der Waals surface area contributed by atoms with Crippen LogP contribution in [0.5, 0.6) is 11.5 Å². The van der Waals surface area contributed by atoms with E-state index in [4.69, 9.17) is 21.1 Å². The van der Waals surface area contributed by atoms with Gasteiger partial charge in [0.25, 0.3) is 0 Å². The van der Waals surface area contributed by atoms with Crippen LogP contribution < -0.4 is 14.8 Å². The number of benzene rings is 1. The van der Waals surface area contributed by atoms with Crippen molar-refractivity contribution in [3.05, 3.63) is 17.2 Å². The fourth-order valence-corrected chi connectivity index (χ4v) is 3.05. The minimum Gasteiger partial charge on any atom is -0.495 e. The predicted octanol–water partition coefficient (Wildman–Crippen LogP) is 2.94. The van der Waals surface area contributed by atoms with Crippen LogP contribution in [0.2, 0.25) is 5.02 Å². The van der Waals surface area contributed by atoms with Gasteiger partial charge in [-0.05, 0) is 18.9 Å². The highest BCUT2D eigenvalue weighted by Gasteiger charge is 2.35. The molecule has 2 rings (SSSR count). The van der Waals surface area contributed by atoms with Crippen LogP contribution in [0.4, 0.5) is 5.69 Å². The van der Waals surface area contributed by atoms with E-state index < -0.39 is 6.04 Å². The first-order valence-electron chi connectivity index (χ1n) is 7.92. The number of hydrogen-bond donors (Lipinski definition) is 1. The van der Waals surface area contributed by atoms with Gasteiger partial charge >= 0.3 is 0 Å². The van der Waals surface area contributed by atoms with Crippen LogP contribution in [0.25, 0.3) is 0 Å². The third-order valence-electron chi connectivity index (χ3n) is 4.06. The first-order valence-corrected chi connectivity index (χ1v) is 8.29. The molecule has 1 atom stereocenters. The molecule has 1 fully saturated rings. The first kappa shape index (κ1) is 18.4. The maximum atomic E-state index is 12.7. The molecule has 7 heteroatoms. The first-order chi connectivity index (χ1) is 11.4. The number of hydrogen-bond acceptors (Lipinski definition) is 4. The molecule has 0 bridgehead atoms. The Kier molecular flexibility index (Phi) is 5.94. The highest BCUT2D eigenvalue weighted by atomic mass is 35.5. The van der Waals surface area contributed by atoms with E-state index >= 15 is 0 Å². The summed E-state index contributed by atoms with van der Waals surface area (Å²) in [6, 6.07) is 2.73. The standard InChI is InChI=1S/C17H23ClN2O4/c1-10(2)17(22)20-7-5-6-13(20)16(21)19-12-8-11(18)14(23-3)9-15(12)24-4/h8-10,13H,5-7H2,1-4H3,(H,19,21). The van der Waals surface area contributed by atoms with Crippen LogP contribution in [0.15, 0.2) is 12.1 Å². The topological polar surface area (TPSA) is 67.9 Å². The normalized spacial score (nSPS) is 17.1. The molecule has 1 aromatic carbocycles. The van der Waals surface area contributed by atoms with Crippen LogP contribution in [0.3, 0.4) is 0 Å². The van der Waals surface area contributed by atoms with Crippen LogP contribution in [0.1, 0.15) is 26.7 Å². The number of halogens is 1. The zero-order valence-corrected chi connectivity index (χ0v) is 15.1. The largest absolute Gasteiger partial charge is 0.495 e. The summed E-state index contributed by atoms with van der Waals surface area (Å²) < 4.78 is 10.4. The highest BCUT2D eigenvalue weighted by Crippen LogP contribution is 2.36. The van der Waals surface area contributed by atoms with E-state index in [2.05, 4.69) is 5.32 Å². The van der Waals surface area contributed by atoms with Gasteiger partial charge in [0.15, 0.2) is 0 Å². The number of amides is 2. The van der Waals surface area contributed by atoms with Crippen LogP contribution >= 0.6 is 11.6 Å². The summed E-state index contributed by atoms with van der Waals surface area (Å²) in [4.78, 5) is 26.6. The molecule has 1 aromatic rings. The predicted molar refractivity (Wildman–Crippen MR) is 92.8 cm³/mol. The van der Waals surface area contributed by atoms with Gasteiger partial charge in [-0.1, -0.05) is 25.4 Å². The number of likely N-dealkylation sites (tertiary alicyclic amines) is 1. The second-order valence-electron chi connectivity index (χ2n) is 6.02. The quantitative estimate of drug-likeness (QED) is 0.882. The molecule has 0 saturated carbocycles. The number of carbonyl (C=O) groups is 2. The average molecular weight is 355 g/mol. The summed E-state index contributed by atoms with van der Waals surface area (Å²) in [5, 5.41) is 3.19. The molecule has 0 spiro atoms. The Hall–Kier alpha value is -1.95. The van der Waals surface area contributed by atoms with Gasteiger partial charge in [0.2, 0.25) is 11.8 Å². The summed E-state index contributed by atoms with van der Waals surface area (Å²) in [5.41, 5.74) is 0.456. The van der Waals surface area contributed by atoms with E-state index in [1.54, 1.807) is 17.0 Å². The molecule has 0 radical (unpaired) electrons. The number of nitrogens with zero attached hydrogens (tertiary/aromatic N) is 1. The molecule has 1 heterocycles. The van der Waals surface area contributed by atoms with Crippen molar-refractivity contribution >= 4 is 29.1 Å². The Morgan fingerprint density at radius 2 is 1.92 bits per heavy atom. The van der Waals surface area contributed by atoms with E-state index in [0.29, 0.717) is 35.2 Å². The maximum absolute atomic E-state index is 12.7. The van der Waals surface area contributed by atoms with Gasteiger partial charge in [0.05, 0.1) is 24.9 Å². The number of ether oxygens (including phenoxy) is 2. The van der Waals surface area contributed by atoms with Gasteiger partial charge < -0.3 is 19.7 Å². The summed E-state index contributed by atoms with van der Waals surface area (Å²) >= 11 is 6.13. The van der Waals surface area contributed by atoms with Crippen LogP contribution in [-0.4, -0.2) is 43.5 Å². The van der Waals surface area contributed by atoms with Crippen molar-refractivity contribution in [2.75, 3.05) is 26.1 Å². The molecule has 0 aromatic heterocycles. The van der Waals surface area contributed by atoms with Crippen molar-refractivity contribution in [1.82, 2.24) is 4.90 Å². The van der Waals surface area contributed by atoms with E-state index in [1.807, 2.05) is 13.8 Å². The number of rotatable bonds is 5. The highest BCUT2D eigenvalue weighted by molar-refractivity contribution is 6.32. The Balaban J connectivity index is 2.20. The summed E-state index contributed by atoms with van der Waals surface area (Å²) in [6.45, 7) is 4.28. The fourth-order valence-electron chi connectivity index (χ4n) is 2.81. The Morgan fingerprint density at radius 1 is 1.25 bits per heavy atom. The van der Waals surface area contributed by atoms with E-state index in [0.717, 1.165) is 6.42 Å². The maximum Gasteiger partial charge on any atom is 0.247 e. The molecule has 2 amide bonds. The van der Waals surface area contributed by atoms with Crippen molar-refractivity contribution in [3.8, 4) is 11.5 Å². The van der Waals surface area contributed by atoms with Crippen molar-refractivity contribution in [3.63, 3.8) is 0 Å². The molecule has 1 unspecified atom stereocenters. The molecule has 1 saturated heterocycles. The van der Waals surface area contributed by atoms with Gasteiger partial charge in [-0.15, -0.1) is 0 Å². The molecule has 24 heavy (non-hydrogen) atoms. The van der Waals surface area contributed by atoms with Gasteiger partial charge in [0, 0.05) is 18.5 Å². The Morgan fingerprint density at radius 3 is 2.50 bits per heavy atom. The van der Waals surface area contributed by atoms with Gasteiger partial charge in [-0.3, -0.25) is 9.59 Å². The summed E-state index contributed by atoms with van der Waals surface area (Å²) in [7, 11) is 3.01. The van der Waals surface area contributed by atoms with Gasteiger partial charge in [-0.25, -0.2) is 0 Å². The van der Waals surface area contributed by atoms with Gasteiger partial charge in [0.1, 0.15) is 17.5 Å². The number of carbonyl (C=O) groups excluding carboxylic acids is 2. The molecule has 1 aliphatic rings. The minimum absolute atomic E-state index is 0.00706. The lowest BCUT2D eigenvalue weighted by atomic mass is 10.1.